The van der Waals surface area contributed by atoms with Crippen LogP contribution in [0.15, 0.2) is 24.4 Å². The SMILES string of the molecule is CCCC(CCNC(=O)Cc1ccccn1)CCC(=O)O. The van der Waals surface area contributed by atoms with Crippen molar-refractivity contribution in [1.29, 1.82) is 0 Å². The molecule has 0 aliphatic heterocycles. The number of carboxylic acid groups (broad SMARTS) is 1. The molecule has 21 heavy (non-hydrogen) atoms. The van der Waals surface area contributed by atoms with E-state index in [0.717, 1.165) is 25.0 Å². The summed E-state index contributed by atoms with van der Waals surface area (Å²) in [7, 11) is 0. The highest BCUT2D eigenvalue weighted by atomic mass is 16.4. The Morgan fingerprint density at radius 1 is 1.29 bits per heavy atom. The van der Waals surface area contributed by atoms with Gasteiger partial charge in [0.15, 0.2) is 0 Å². The van der Waals surface area contributed by atoms with E-state index in [1.165, 1.54) is 0 Å². The van der Waals surface area contributed by atoms with Crippen LogP contribution in [0.4, 0.5) is 0 Å². The Morgan fingerprint density at radius 3 is 2.71 bits per heavy atom. The van der Waals surface area contributed by atoms with Crippen molar-refractivity contribution >= 4 is 11.9 Å². The fraction of sp³-hybridized carbons (Fsp3) is 0.562. The summed E-state index contributed by atoms with van der Waals surface area (Å²) in [5.74, 6) is -0.432. The van der Waals surface area contributed by atoms with Crippen LogP contribution in [0.25, 0.3) is 0 Å². The number of rotatable bonds is 10. The van der Waals surface area contributed by atoms with E-state index in [9.17, 15) is 9.59 Å². The van der Waals surface area contributed by atoms with Gasteiger partial charge in [0.2, 0.25) is 5.91 Å². The zero-order chi connectivity index (χ0) is 15.5. The number of carboxylic acids is 1. The predicted molar refractivity (Wildman–Crippen MR) is 80.8 cm³/mol. The highest BCUT2D eigenvalue weighted by Gasteiger charge is 2.11. The summed E-state index contributed by atoms with van der Waals surface area (Å²) in [5, 5.41) is 11.6. The largest absolute Gasteiger partial charge is 0.481 e. The van der Waals surface area contributed by atoms with Crippen LogP contribution < -0.4 is 5.32 Å². The molecule has 0 bridgehead atoms. The lowest BCUT2D eigenvalue weighted by atomic mass is 9.94. The quantitative estimate of drug-likeness (QED) is 0.694. The van der Waals surface area contributed by atoms with E-state index in [-0.39, 0.29) is 18.7 Å². The standard InChI is InChI=1S/C16H24N2O3/c1-2-5-13(7-8-16(20)21)9-11-18-15(19)12-14-6-3-4-10-17-14/h3-4,6,10,13H,2,5,7-9,11-12H2,1H3,(H,18,19)(H,20,21). The molecule has 0 radical (unpaired) electrons. The van der Waals surface area contributed by atoms with Crippen molar-refractivity contribution < 1.29 is 14.7 Å². The molecule has 1 aromatic heterocycles. The molecule has 0 saturated carbocycles. The summed E-state index contributed by atoms with van der Waals surface area (Å²) in [6.45, 7) is 2.68. The van der Waals surface area contributed by atoms with E-state index in [1.807, 2.05) is 18.2 Å². The zero-order valence-electron chi connectivity index (χ0n) is 12.5. The van der Waals surface area contributed by atoms with Gasteiger partial charge in [-0.2, -0.15) is 0 Å². The van der Waals surface area contributed by atoms with E-state index in [2.05, 4.69) is 17.2 Å². The Bertz CT molecular complexity index is 434. The number of hydrogen-bond acceptors (Lipinski definition) is 3. The van der Waals surface area contributed by atoms with Gasteiger partial charge in [-0.25, -0.2) is 0 Å². The van der Waals surface area contributed by atoms with E-state index >= 15 is 0 Å². The van der Waals surface area contributed by atoms with Gasteiger partial charge in [-0.1, -0.05) is 25.8 Å². The second-order valence-corrected chi connectivity index (χ2v) is 5.22. The molecule has 0 saturated heterocycles. The summed E-state index contributed by atoms with van der Waals surface area (Å²) in [5.41, 5.74) is 0.756. The van der Waals surface area contributed by atoms with Gasteiger partial charge in [-0.15, -0.1) is 0 Å². The number of carbonyl (C=O) groups excluding carboxylic acids is 1. The maximum Gasteiger partial charge on any atom is 0.303 e. The van der Waals surface area contributed by atoms with Gasteiger partial charge in [0.25, 0.3) is 0 Å². The van der Waals surface area contributed by atoms with Gasteiger partial charge in [0.05, 0.1) is 6.42 Å². The Labute approximate surface area is 125 Å². The Kier molecular flexibility index (Phi) is 8.09. The minimum absolute atomic E-state index is 0.0396. The van der Waals surface area contributed by atoms with Crippen molar-refractivity contribution in [2.45, 2.75) is 45.4 Å². The number of pyridine rings is 1. The van der Waals surface area contributed by atoms with E-state index in [1.54, 1.807) is 6.20 Å². The van der Waals surface area contributed by atoms with Gasteiger partial charge in [0, 0.05) is 24.9 Å². The number of carbonyl (C=O) groups is 2. The van der Waals surface area contributed by atoms with Crippen LogP contribution >= 0.6 is 0 Å². The van der Waals surface area contributed by atoms with E-state index < -0.39 is 5.97 Å². The minimum atomic E-state index is -0.754. The highest BCUT2D eigenvalue weighted by molar-refractivity contribution is 5.78. The van der Waals surface area contributed by atoms with E-state index in [0.29, 0.717) is 18.9 Å². The smallest absolute Gasteiger partial charge is 0.303 e. The van der Waals surface area contributed by atoms with Gasteiger partial charge in [0.1, 0.15) is 0 Å². The molecule has 116 valence electrons. The number of aromatic nitrogens is 1. The number of hydrogen-bond donors (Lipinski definition) is 2. The number of nitrogens with zero attached hydrogens (tertiary/aromatic N) is 1. The highest BCUT2D eigenvalue weighted by Crippen LogP contribution is 2.17. The van der Waals surface area contributed by atoms with Crippen molar-refractivity contribution in [3.05, 3.63) is 30.1 Å². The van der Waals surface area contributed by atoms with Crippen LogP contribution in [0.5, 0.6) is 0 Å². The summed E-state index contributed by atoms with van der Waals surface area (Å²) in [6, 6.07) is 5.50. The van der Waals surface area contributed by atoms with Gasteiger partial charge < -0.3 is 10.4 Å². The molecule has 1 unspecified atom stereocenters. The molecule has 0 fully saturated rings. The summed E-state index contributed by atoms with van der Waals surface area (Å²) < 4.78 is 0. The molecule has 0 spiro atoms. The Morgan fingerprint density at radius 2 is 2.10 bits per heavy atom. The molecular weight excluding hydrogens is 268 g/mol. The van der Waals surface area contributed by atoms with Crippen molar-refractivity contribution in [3.8, 4) is 0 Å². The van der Waals surface area contributed by atoms with Crippen molar-refractivity contribution in [1.82, 2.24) is 10.3 Å². The third-order valence-corrected chi connectivity index (χ3v) is 3.41. The van der Waals surface area contributed by atoms with Crippen LogP contribution in [0.2, 0.25) is 0 Å². The maximum atomic E-state index is 11.8. The van der Waals surface area contributed by atoms with Crippen molar-refractivity contribution in [3.63, 3.8) is 0 Å². The molecule has 0 aliphatic carbocycles. The van der Waals surface area contributed by atoms with Gasteiger partial charge in [-0.3, -0.25) is 14.6 Å². The fourth-order valence-electron chi connectivity index (χ4n) is 2.31. The Hall–Kier alpha value is -1.91. The Balaban J connectivity index is 2.26. The molecule has 1 amide bonds. The summed E-state index contributed by atoms with van der Waals surface area (Å²) >= 11 is 0. The molecule has 0 aromatic carbocycles. The molecule has 1 atom stereocenters. The second-order valence-electron chi connectivity index (χ2n) is 5.22. The molecule has 0 aliphatic rings. The van der Waals surface area contributed by atoms with Crippen LogP contribution in [0, 0.1) is 5.92 Å². The molecule has 5 heteroatoms. The van der Waals surface area contributed by atoms with Crippen LogP contribution in [0.3, 0.4) is 0 Å². The summed E-state index contributed by atoms with van der Waals surface area (Å²) in [6.07, 6.45) is 5.71. The fourth-order valence-corrected chi connectivity index (χ4v) is 2.31. The van der Waals surface area contributed by atoms with Gasteiger partial charge in [-0.05, 0) is 30.9 Å². The first-order chi connectivity index (χ1) is 10.1. The van der Waals surface area contributed by atoms with Crippen molar-refractivity contribution in [2.24, 2.45) is 5.92 Å². The van der Waals surface area contributed by atoms with Gasteiger partial charge >= 0.3 is 5.97 Å². The zero-order valence-corrected chi connectivity index (χ0v) is 12.5. The molecule has 2 N–H and O–H groups in total. The third kappa shape index (κ3) is 8.07. The first-order valence-corrected chi connectivity index (χ1v) is 7.50. The average Bonchev–Trinajstić information content (AvgIpc) is 2.45. The second kappa shape index (κ2) is 9.91. The lowest BCUT2D eigenvalue weighted by molar-refractivity contribution is -0.137. The normalized spacial score (nSPS) is 11.9. The van der Waals surface area contributed by atoms with Crippen LogP contribution in [0.1, 0.15) is 44.7 Å². The number of nitrogens with one attached hydrogen (secondary N) is 1. The molecule has 1 aromatic rings. The number of amides is 1. The molecule has 5 nitrogen and oxygen atoms in total. The van der Waals surface area contributed by atoms with Crippen LogP contribution in [-0.2, 0) is 16.0 Å². The first kappa shape index (κ1) is 17.1. The monoisotopic (exact) mass is 292 g/mol. The average molecular weight is 292 g/mol. The lowest BCUT2D eigenvalue weighted by Crippen LogP contribution is -2.27. The minimum Gasteiger partial charge on any atom is -0.481 e. The topological polar surface area (TPSA) is 79.3 Å². The summed E-state index contributed by atoms with van der Waals surface area (Å²) in [4.78, 5) is 26.5. The molecule has 1 rings (SSSR count). The van der Waals surface area contributed by atoms with Crippen molar-refractivity contribution in [2.75, 3.05) is 6.54 Å². The first-order valence-electron chi connectivity index (χ1n) is 7.50. The van der Waals surface area contributed by atoms with E-state index in [4.69, 9.17) is 5.11 Å². The number of aliphatic carboxylic acids is 1. The third-order valence-electron chi connectivity index (χ3n) is 3.41. The lowest BCUT2D eigenvalue weighted by Gasteiger charge is -2.15. The molecule has 1 heterocycles. The maximum absolute atomic E-state index is 11.8. The predicted octanol–water partition coefficient (Wildman–Crippen LogP) is 2.41. The van der Waals surface area contributed by atoms with Crippen LogP contribution in [-0.4, -0.2) is 28.5 Å². The molecular formula is C16H24N2O3.